The van der Waals surface area contributed by atoms with Gasteiger partial charge in [-0.05, 0) is 42.0 Å². The summed E-state index contributed by atoms with van der Waals surface area (Å²) in [4.78, 5) is 18.0. The lowest BCUT2D eigenvalue weighted by atomic mass is 10.0. The summed E-state index contributed by atoms with van der Waals surface area (Å²) in [5, 5.41) is 3.73. The molecule has 0 saturated heterocycles. The van der Waals surface area contributed by atoms with Gasteiger partial charge in [-0.15, -0.1) is 0 Å². The summed E-state index contributed by atoms with van der Waals surface area (Å²) >= 11 is 0. The van der Waals surface area contributed by atoms with Crippen LogP contribution in [0, 0.1) is 0 Å². The summed E-state index contributed by atoms with van der Waals surface area (Å²) in [6, 6.07) is 7.36. The normalized spacial score (nSPS) is 16.6. The SMILES string of the molecule is CN(C(=O)c1ccc(C(C)(F)F)nc1)C1=CC2=C(c3ccc(C(F)(F)F)cc3)CN(C)N2C=C1. The number of benzene rings is 1. The molecule has 34 heavy (non-hydrogen) atoms. The molecule has 3 heterocycles. The van der Waals surface area contributed by atoms with Crippen molar-refractivity contribution in [1.29, 1.82) is 0 Å². The first-order chi connectivity index (χ1) is 15.9. The van der Waals surface area contributed by atoms with Gasteiger partial charge in [0.15, 0.2) is 0 Å². The smallest absolute Gasteiger partial charge is 0.311 e. The topological polar surface area (TPSA) is 39.7 Å². The van der Waals surface area contributed by atoms with Crippen LogP contribution in [0.2, 0.25) is 0 Å². The molecule has 0 atom stereocenters. The lowest BCUT2D eigenvalue weighted by molar-refractivity contribution is -0.137. The van der Waals surface area contributed by atoms with E-state index in [0.29, 0.717) is 17.8 Å². The van der Waals surface area contributed by atoms with E-state index in [1.54, 1.807) is 25.4 Å². The van der Waals surface area contributed by atoms with E-state index in [1.165, 1.54) is 23.1 Å². The van der Waals surface area contributed by atoms with Crippen molar-refractivity contribution in [3.05, 3.63) is 94.7 Å². The average Bonchev–Trinajstić information content (AvgIpc) is 3.13. The van der Waals surface area contributed by atoms with Gasteiger partial charge in [0.1, 0.15) is 5.69 Å². The van der Waals surface area contributed by atoms with Gasteiger partial charge in [0.25, 0.3) is 11.8 Å². The summed E-state index contributed by atoms with van der Waals surface area (Å²) in [5.41, 5.74) is 1.68. The minimum absolute atomic E-state index is 0.146. The van der Waals surface area contributed by atoms with Crippen molar-refractivity contribution in [2.75, 3.05) is 20.6 Å². The number of rotatable bonds is 4. The molecule has 1 aromatic heterocycles. The average molecular weight is 476 g/mol. The van der Waals surface area contributed by atoms with Crippen molar-refractivity contribution in [3.8, 4) is 0 Å². The predicted molar refractivity (Wildman–Crippen MR) is 116 cm³/mol. The molecule has 178 valence electrons. The van der Waals surface area contributed by atoms with Gasteiger partial charge in [0.05, 0.1) is 16.8 Å². The Morgan fingerprint density at radius 2 is 1.74 bits per heavy atom. The highest BCUT2D eigenvalue weighted by Gasteiger charge is 2.32. The molecule has 5 nitrogen and oxygen atoms in total. The number of aromatic nitrogens is 1. The maximum atomic E-state index is 13.4. The molecule has 0 fully saturated rings. The third kappa shape index (κ3) is 4.45. The van der Waals surface area contributed by atoms with Crippen LogP contribution >= 0.6 is 0 Å². The fourth-order valence-corrected chi connectivity index (χ4v) is 3.79. The van der Waals surface area contributed by atoms with Crippen LogP contribution in [-0.2, 0) is 12.1 Å². The Labute approximate surface area is 193 Å². The molecule has 0 saturated carbocycles. The Bertz CT molecular complexity index is 1190. The van der Waals surface area contributed by atoms with Crippen LogP contribution in [0.15, 0.2) is 72.3 Å². The fraction of sp³-hybridized carbons (Fsp3) is 0.250. The number of nitrogens with zero attached hydrogens (tertiary/aromatic N) is 4. The zero-order valence-electron chi connectivity index (χ0n) is 18.6. The van der Waals surface area contributed by atoms with E-state index in [2.05, 4.69) is 4.98 Å². The molecule has 2 aromatic rings. The van der Waals surface area contributed by atoms with Crippen LogP contribution in [0.25, 0.3) is 5.57 Å². The van der Waals surface area contributed by atoms with Crippen LogP contribution in [-0.4, -0.2) is 46.4 Å². The van der Waals surface area contributed by atoms with Crippen LogP contribution in [0.5, 0.6) is 0 Å². The number of hydrazine groups is 1. The maximum Gasteiger partial charge on any atom is 0.416 e. The molecule has 0 radical (unpaired) electrons. The number of allylic oxidation sites excluding steroid dienone is 2. The Balaban J connectivity index is 1.63. The summed E-state index contributed by atoms with van der Waals surface area (Å²) in [5.74, 6) is -3.55. The van der Waals surface area contributed by atoms with Crippen LogP contribution in [0.1, 0.15) is 34.1 Å². The van der Waals surface area contributed by atoms with E-state index >= 15 is 0 Å². The molecule has 2 aliphatic heterocycles. The predicted octanol–water partition coefficient (Wildman–Crippen LogP) is 5.27. The molecule has 0 unspecified atom stereocenters. The van der Waals surface area contributed by atoms with Crippen molar-refractivity contribution in [2.45, 2.75) is 19.0 Å². The summed E-state index contributed by atoms with van der Waals surface area (Å²) in [7, 11) is 3.39. The third-order valence-electron chi connectivity index (χ3n) is 5.69. The second-order valence-electron chi connectivity index (χ2n) is 8.17. The summed E-state index contributed by atoms with van der Waals surface area (Å²) in [6.07, 6.45) is 1.93. The molecule has 0 spiro atoms. The van der Waals surface area contributed by atoms with E-state index < -0.39 is 29.3 Å². The second kappa shape index (κ2) is 8.35. The van der Waals surface area contributed by atoms with Gasteiger partial charge < -0.3 is 4.90 Å². The second-order valence-corrected chi connectivity index (χ2v) is 8.17. The number of hydrogen-bond acceptors (Lipinski definition) is 4. The first-order valence-corrected chi connectivity index (χ1v) is 10.3. The van der Waals surface area contributed by atoms with Gasteiger partial charge in [-0.2, -0.15) is 22.0 Å². The van der Waals surface area contributed by atoms with E-state index in [-0.39, 0.29) is 5.56 Å². The minimum Gasteiger partial charge on any atom is -0.311 e. The highest BCUT2D eigenvalue weighted by Crippen LogP contribution is 2.36. The highest BCUT2D eigenvalue weighted by atomic mass is 19.4. The number of alkyl halides is 5. The van der Waals surface area contributed by atoms with Crippen molar-refractivity contribution >= 4 is 11.5 Å². The zero-order valence-corrected chi connectivity index (χ0v) is 18.6. The lowest BCUT2D eigenvalue weighted by Gasteiger charge is -2.29. The number of carbonyl (C=O) groups is 1. The Kier molecular flexibility index (Phi) is 5.80. The maximum absolute atomic E-state index is 13.4. The number of pyridine rings is 1. The van der Waals surface area contributed by atoms with Crippen molar-refractivity contribution < 1.29 is 26.7 Å². The number of halogens is 5. The van der Waals surface area contributed by atoms with Crippen LogP contribution in [0.4, 0.5) is 22.0 Å². The number of fused-ring (bicyclic) bond motifs is 1. The summed E-state index contributed by atoms with van der Waals surface area (Å²) < 4.78 is 65.6. The largest absolute Gasteiger partial charge is 0.416 e. The number of amides is 1. The number of hydrogen-bond donors (Lipinski definition) is 0. The van der Waals surface area contributed by atoms with E-state index in [9.17, 15) is 26.7 Å². The molecular weight excluding hydrogens is 455 g/mol. The molecule has 0 bridgehead atoms. The number of carbonyl (C=O) groups excluding carboxylic acids is 1. The highest BCUT2D eigenvalue weighted by molar-refractivity contribution is 5.95. The van der Waals surface area contributed by atoms with Gasteiger partial charge in [-0.3, -0.25) is 14.8 Å². The van der Waals surface area contributed by atoms with Crippen molar-refractivity contribution in [1.82, 2.24) is 19.9 Å². The fourth-order valence-electron chi connectivity index (χ4n) is 3.79. The van der Waals surface area contributed by atoms with E-state index in [1.807, 2.05) is 17.1 Å². The lowest BCUT2D eigenvalue weighted by Crippen LogP contribution is -2.32. The minimum atomic E-state index is -4.42. The van der Waals surface area contributed by atoms with Gasteiger partial charge in [-0.25, -0.2) is 5.01 Å². The first-order valence-electron chi connectivity index (χ1n) is 10.3. The van der Waals surface area contributed by atoms with Crippen LogP contribution in [0.3, 0.4) is 0 Å². The summed E-state index contributed by atoms with van der Waals surface area (Å²) in [6.45, 7) is 1.19. The molecule has 2 aliphatic rings. The Morgan fingerprint density at radius 1 is 1.06 bits per heavy atom. The molecule has 0 N–H and O–H groups in total. The first kappa shape index (κ1) is 23.6. The van der Waals surface area contributed by atoms with E-state index in [4.69, 9.17) is 0 Å². The molecule has 1 amide bonds. The quantitative estimate of drug-likeness (QED) is 0.564. The zero-order chi connectivity index (χ0) is 24.8. The van der Waals surface area contributed by atoms with Crippen LogP contribution < -0.4 is 0 Å². The van der Waals surface area contributed by atoms with Crippen molar-refractivity contribution in [2.24, 2.45) is 0 Å². The van der Waals surface area contributed by atoms with E-state index in [0.717, 1.165) is 42.6 Å². The standard InChI is InChI=1S/C24H21F5N4O/c1-23(25,26)21-9-6-16(13-30-21)22(34)32(3)18-10-11-33-20(12-18)19(14-31(33)2)15-4-7-17(8-5-15)24(27,28)29/h4-13H,14H2,1-3H3. The van der Waals surface area contributed by atoms with Gasteiger partial charge in [0, 0.05) is 51.2 Å². The van der Waals surface area contributed by atoms with Gasteiger partial charge in [0.2, 0.25) is 0 Å². The Hall–Kier alpha value is -3.53. The third-order valence-corrected chi connectivity index (χ3v) is 5.69. The van der Waals surface area contributed by atoms with Gasteiger partial charge >= 0.3 is 6.18 Å². The molecule has 10 heteroatoms. The monoisotopic (exact) mass is 476 g/mol. The van der Waals surface area contributed by atoms with Crippen molar-refractivity contribution in [3.63, 3.8) is 0 Å². The van der Waals surface area contributed by atoms with Gasteiger partial charge in [-0.1, -0.05) is 12.1 Å². The Morgan fingerprint density at radius 3 is 2.29 bits per heavy atom. The molecular formula is C24H21F5N4O. The molecule has 0 aliphatic carbocycles. The molecule has 4 rings (SSSR count). The number of likely N-dealkylation sites (N-methyl/N-ethyl adjacent to an activating group) is 2. The molecule has 1 aromatic carbocycles.